The van der Waals surface area contributed by atoms with Crippen LogP contribution in [0.3, 0.4) is 0 Å². The normalized spacial score (nSPS) is 59.0. The van der Waals surface area contributed by atoms with E-state index >= 15 is 0 Å². The van der Waals surface area contributed by atoms with Crippen molar-refractivity contribution in [2.45, 2.75) is 51.5 Å². The molecule has 3 aliphatic rings. The Morgan fingerprint density at radius 3 is 2.13 bits per heavy atom. The van der Waals surface area contributed by atoms with Gasteiger partial charge in [0.05, 0.1) is 0 Å². The Hall–Kier alpha value is 0.217. The quantitative estimate of drug-likeness (QED) is 0.545. The van der Waals surface area contributed by atoms with Crippen LogP contribution in [0.25, 0.3) is 0 Å². The standard InChI is InChI=1S/C14H23Si/c1-8-9(2)14(15)13-7-11-5-3-4-10(11)6-12(8)13/h8-14H,3-7H2,1-2H3. The van der Waals surface area contributed by atoms with Gasteiger partial charge in [0.15, 0.2) is 0 Å². The first-order chi connectivity index (χ1) is 7.18. The van der Waals surface area contributed by atoms with Gasteiger partial charge < -0.3 is 0 Å². The fraction of sp³-hybridized carbons (Fsp3) is 1.00. The van der Waals surface area contributed by atoms with Crippen LogP contribution in [-0.4, -0.2) is 10.2 Å². The second-order valence-electron chi connectivity index (χ2n) is 6.49. The second kappa shape index (κ2) is 3.61. The summed E-state index contributed by atoms with van der Waals surface area (Å²) in [7, 11) is 4.04. The first kappa shape index (κ1) is 10.4. The molecule has 3 fully saturated rings. The minimum absolute atomic E-state index is 0.812. The molecule has 0 aromatic carbocycles. The number of rotatable bonds is 0. The van der Waals surface area contributed by atoms with Gasteiger partial charge >= 0.3 is 0 Å². The molecule has 3 rings (SSSR count). The van der Waals surface area contributed by atoms with E-state index in [2.05, 4.69) is 24.1 Å². The molecule has 0 aromatic heterocycles. The Balaban J connectivity index is 1.81. The van der Waals surface area contributed by atoms with Crippen LogP contribution in [-0.2, 0) is 0 Å². The summed E-state index contributed by atoms with van der Waals surface area (Å²) >= 11 is 0. The monoisotopic (exact) mass is 219 g/mol. The number of hydrogen-bond donors (Lipinski definition) is 0. The Labute approximate surface area is 97.6 Å². The van der Waals surface area contributed by atoms with Crippen LogP contribution in [0.1, 0.15) is 46.0 Å². The molecule has 0 heterocycles. The van der Waals surface area contributed by atoms with E-state index in [4.69, 9.17) is 0 Å². The first-order valence-corrected chi connectivity index (χ1v) is 7.47. The summed E-state index contributed by atoms with van der Waals surface area (Å²) in [4.78, 5) is 0. The van der Waals surface area contributed by atoms with Gasteiger partial charge in [-0.3, -0.25) is 0 Å². The molecule has 7 unspecified atom stereocenters. The van der Waals surface area contributed by atoms with Crippen molar-refractivity contribution < 1.29 is 0 Å². The number of hydrogen-bond acceptors (Lipinski definition) is 0. The highest BCUT2D eigenvalue weighted by Crippen LogP contribution is 2.59. The summed E-state index contributed by atoms with van der Waals surface area (Å²) in [6.07, 6.45) is 7.70. The van der Waals surface area contributed by atoms with Crippen LogP contribution < -0.4 is 0 Å². The molecule has 0 aliphatic heterocycles. The highest BCUT2D eigenvalue weighted by atomic mass is 28.1. The molecule has 0 amide bonds. The lowest BCUT2D eigenvalue weighted by atomic mass is 9.69. The average molecular weight is 219 g/mol. The highest BCUT2D eigenvalue weighted by molar-refractivity contribution is 6.12. The van der Waals surface area contributed by atoms with Gasteiger partial charge in [0.25, 0.3) is 0 Å². The average Bonchev–Trinajstić information content (AvgIpc) is 2.77. The van der Waals surface area contributed by atoms with Crippen molar-refractivity contribution in [2.75, 3.05) is 0 Å². The van der Waals surface area contributed by atoms with Crippen molar-refractivity contribution in [1.82, 2.24) is 0 Å². The van der Waals surface area contributed by atoms with Crippen molar-refractivity contribution in [3.8, 4) is 0 Å². The summed E-state index contributed by atoms with van der Waals surface area (Å²) in [5.74, 6) is 6.11. The first-order valence-electron chi connectivity index (χ1n) is 6.89. The van der Waals surface area contributed by atoms with Crippen LogP contribution in [0.4, 0.5) is 0 Å². The van der Waals surface area contributed by atoms with E-state index in [0.717, 1.165) is 41.0 Å². The van der Waals surface area contributed by atoms with E-state index in [1.165, 1.54) is 19.3 Å². The zero-order valence-corrected chi connectivity index (χ0v) is 11.1. The molecule has 0 saturated heterocycles. The molecule has 3 saturated carbocycles. The van der Waals surface area contributed by atoms with Crippen LogP contribution in [0, 0.1) is 35.5 Å². The molecule has 0 nitrogen and oxygen atoms in total. The predicted molar refractivity (Wildman–Crippen MR) is 64.9 cm³/mol. The van der Waals surface area contributed by atoms with Crippen molar-refractivity contribution in [2.24, 2.45) is 35.5 Å². The van der Waals surface area contributed by atoms with Crippen LogP contribution >= 0.6 is 0 Å². The molecule has 0 bridgehead atoms. The zero-order valence-electron chi connectivity index (χ0n) is 10.1. The number of fused-ring (bicyclic) bond motifs is 2. The van der Waals surface area contributed by atoms with E-state index < -0.39 is 0 Å². The minimum atomic E-state index is 0.812. The topological polar surface area (TPSA) is 0 Å². The lowest BCUT2D eigenvalue weighted by Crippen LogP contribution is -2.29. The fourth-order valence-electron chi connectivity index (χ4n) is 4.91. The van der Waals surface area contributed by atoms with Crippen LogP contribution in [0.15, 0.2) is 0 Å². The molecule has 0 spiro atoms. The molecule has 7 atom stereocenters. The molecular weight excluding hydrogens is 196 g/mol. The molecule has 15 heavy (non-hydrogen) atoms. The van der Waals surface area contributed by atoms with Gasteiger partial charge in [-0.05, 0) is 53.9 Å². The van der Waals surface area contributed by atoms with Crippen molar-refractivity contribution in [3.05, 3.63) is 0 Å². The van der Waals surface area contributed by atoms with Crippen LogP contribution in [0.5, 0.6) is 0 Å². The third-order valence-electron chi connectivity index (χ3n) is 6.05. The summed E-state index contributed by atoms with van der Waals surface area (Å²) < 4.78 is 0. The van der Waals surface area contributed by atoms with E-state index in [-0.39, 0.29) is 0 Å². The van der Waals surface area contributed by atoms with Gasteiger partial charge in [-0.1, -0.05) is 33.1 Å². The minimum Gasteiger partial charge on any atom is -0.0623 e. The molecular formula is C14H23Si. The van der Waals surface area contributed by atoms with Gasteiger partial charge in [0.1, 0.15) is 0 Å². The molecule has 0 aromatic rings. The van der Waals surface area contributed by atoms with E-state index in [1.54, 1.807) is 12.8 Å². The lowest BCUT2D eigenvalue weighted by Gasteiger charge is -2.37. The maximum Gasteiger partial charge on any atom is 0.0274 e. The maximum absolute atomic E-state index is 4.04. The Kier molecular flexibility index (Phi) is 2.50. The van der Waals surface area contributed by atoms with Crippen LogP contribution in [0.2, 0.25) is 5.54 Å². The van der Waals surface area contributed by atoms with Gasteiger partial charge in [-0.15, -0.1) is 0 Å². The molecule has 83 valence electrons. The maximum atomic E-state index is 4.04. The van der Waals surface area contributed by atoms with E-state index in [9.17, 15) is 0 Å². The van der Waals surface area contributed by atoms with Gasteiger partial charge in [-0.25, -0.2) is 0 Å². The lowest BCUT2D eigenvalue weighted by molar-refractivity contribution is 0.134. The fourth-order valence-corrected chi connectivity index (χ4v) is 5.59. The second-order valence-corrected chi connectivity index (χ2v) is 7.16. The van der Waals surface area contributed by atoms with Crippen molar-refractivity contribution in [1.29, 1.82) is 0 Å². The van der Waals surface area contributed by atoms with E-state index in [0.29, 0.717) is 0 Å². The SMILES string of the molecule is CC1C(C)C2CC3CCCC3CC2C1[Si]. The Bertz CT molecular complexity index is 226. The Morgan fingerprint density at radius 2 is 1.47 bits per heavy atom. The summed E-state index contributed by atoms with van der Waals surface area (Å²) in [6.45, 7) is 4.95. The molecule has 3 radical (unpaired) electrons. The summed E-state index contributed by atoms with van der Waals surface area (Å²) in [5.41, 5.74) is 0.812. The van der Waals surface area contributed by atoms with Crippen molar-refractivity contribution in [3.63, 3.8) is 0 Å². The summed E-state index contributed by atoms with van der Waals surface area (Å²) in [6, 6.07) is 0. The van der Waals surface area contributed by atoms with E-state index in [1.807, 2.05) is 0 Å². The third kappa shape index (κ3) is 1.45. The van der Waals surface area contributed by atoms with Crippen molar-refractivity contribution >= 4 is 10.2 Å². The molecule has 3 aliphatic carbocycles. The van der Waals surface area contributed by atoms with Gasteiger partial charge in [0, 0.05) is 10.2 Å². The third-order valence-corrected chi connectivity index (χ3v) is 7.00. The molecule has 1 heteroatoms. The predicted octanol–water partition coefficient (Wildman–Crippen LogP) is 3.67. The molecule has 0 N–H and O–H groups in total. The smallest absolute Gasteiger partial charge is 0.0274 e. The largest absolute Gasteiger partial charge is 0.0623 e. The summed E-state index contributed by atoms with van der Waals surface area (Å²) in [5, 5.41) is 0. The highest BCUT2D eigenvalue weighted by Gasteiger charge is 2.49. The Morgan fingerprint density at radius 1 is 0.867 bits per heavy atom. The van der Waals surface area contributed by atoms with Gasteiger partial charge in [-0.2, -0.15) is 0 Å². The zero-order chi connectivity index (χ0) is 10.6. The van der Waals surface area contributed by atoms with Gasteiger partial charge in [0.2, 0.25) is 0 Å².